The van der Waals surface area contributed by atoms with Crippen LogP contribution in [0.25, 0.3) is 0 Å². The summed E-state index contributed by atoms with van der Waals surface area (Å²) in [5, 5.41) is 6.09. The minimum absolute atomic E-state index is 0.328. The molecule has 1 amide bonds. The molecule has 1 aromatic carbocycles. The molecule has 1 heterocycles. The Morgan fingerprint density at radius 1 is 1.08 bits per heavy atom. The summed E-state index contributed by atoms with van der Waals surface area (Å²) < 4.78 is 10.5. The molecule has 0 unspecified atom stereocenters. The van der Waals surface area contributed by atoms with Crippen molar-refractivity contribution in [2.75, 3.05) is 31.4 Å². The lowest BCUT2D eigenvalue weighted by Gasteiger charge is -2.13. The van der Waals surface area contributed by atoms with Gasteiger partial charge in [-0.15, -0.1) is 0 Å². The second-order valence-corrected chi connectivity index (χ2v) is 5.56. The van der Waals surface area contributed by atoms with Crippen LogP contribution in [-0.2, 0) is 0 Å². The maximum absolute atomic E-state index is 12.6. The molecule has 0 spiro atoms. The number of pyridine rings is 1. The van der Waals surface area contributed by atoms with E-state index in [9.17, 15) is 4.79 Å². The topological polar surface area (TPSA) is 72.5 Å². The molecule has 2 N–H and O–H groups in total. The minimum atomic E-state index is -0.328. The molecule has 0 bridgehead atoms. The molecule has 0 saturated carbocycles. The molecule has 25 heavy (non-hydrogen) atoms. The Labute approximate surface area is 148 Å². The number of methoxy groups -OCH3 is 2. The fourth-order valence-electron chi connectivity index (χ4n) is 2.43. The summed E-state index contributed by atoms with van der Waals surface area (Å²) in [6.07, 6.45) is 5.23. The number of carbonyl (C=O) groups excluding carboxylic acids is 1. The number of benzene rings is 1. The number of anilines is 2. The van der Waals surface area contributed by atoms with Gasteiger partial charge in [0.05, 0.1) is 26.1 Å². The highest BCUT2D eigenvalue weighted by molar-refractivity contribution is 6.07. The molecule has 0 aliphatic carbocycles. The zero-order chi connectivity index (χ0) is 18.1. The molecule has 0 radical (unpaired) electrons. The van der Waals surface area contributed by atoms with Crippen LogP contribution >= 0.6 is 0 Å². The van der Waals surface area contributed by atoms with E-state index in [4.69, 9.17) is 9.47 Å². The van der Waals surface area contributed by atoms with Crippen LogP contribution in [0.3, 0.4) is 0 Å². The van der Waals surface area contributed by atoms with Crippen molar-refractivity contribution in [3.05, 3.63) is 42.1 Å². The van der Waals surface area contributed by atoms with Crippen LogP contribution in [0.15, 0.2) is 36.5 Å². The second kappa shape index (κ2) is 9.52. The first-order chi connectivity index (χ1) is 12.2. The Hall–Kier alpha value is -2.76. The molecule has 0 fully saturated rings. The van der Waals surface area contributed by atoms with Gasteiger partial charge in [-0.1, -0.05) is 25.8 Å². The van der Waals surface area contributed by atoms with Crippen molar-refractivity contribution in [3.63, 3.8) is 0 Å². The van der Waals surface area contributed by atoms with Gasteiger partial charge in [-0.2, -0.15) is 0 Å². The summed E-state index contributed by atoms with van der Waals surface area (Å²) in [6.45, 7) is 3.09. The van der Waals surface area contributed by atoms with Gasteiger partial charge in [-0.05, 0) is 30.7 Å². The highest BCUT2D eigenvalue weighted by atomic mass is 16.5. The van der Waals surface area contributed by atoms with E-state index in [0.29, 0.717) is 22.9 Å². The van der Waals surface area contributed by atoms with Crippen LogP contribution in [0.1, 0.15) is 36.5 Å². The van der Waals surface area contributed by atoms with Gasteiger partial charge in [-0.25, -0.2) is 4.98 Å². The van der Waals surface area contributed by atoms with Crippen molar-refractivity contribution >= 4 is 17.4 Å². The lowest BCUT2D eigenvalue weighted by Crippen LogP contribution is -2.15. The monoisotopic (exact) mass is 343 g/mol. The summed E-state index contributed by atoms with van der Waals surface area (Å²) in [7, 11) is 3.03. The first kappa shape index (κ1) is 18.6. The van der Waals surface area contributed by atoms with Crippen molar-refractivity contribution in [1.82, 2.24) is 4.98 Å². The number of carbonyl (C=O) groups is 1. The molecule has 2 aromatic rings. The third-order valence-corrected chi connectivity index (χ3v) is 3.77. The van der Waals surface area contributed by atoms with E-state index in [1.807, 2.05) is 6.07 Å². The Morgan fingerprint density at radius 2 is 1.80 bits per heavy atom. The number of hydrogen-bond donors (Lipinski definition) is 2. The van der Waals surface area contributed by atoms with E-state index in [-0.39, 0.29) is 5.91 Å². The smallest absolute Gasteiger partial charge is 0.264 e. The van der Waals surface area contributed by atoms with Gasteiger partial charge in [0.2, 0.25) is 0 Å². The fraction of sp³-hybridized carbons (Fsp3) is 0.368. The highest BCUT2D eigenvalue weighted by Crippen LogP contribution is 2.28. The predicted octanol–water partition coefficient (Wildman–Crippen LogP) is 3.95. The van der Waals surface area contributed by atoms with E-state index in [1.165, 1.54) is 27.1 Å². The van der Waals surface area contributed by atoms with Gasteiger partial charge < -0.3 is 20.1 Å². The molecule has 6 nitrogen and oxygen atoms in total. The molecule has 0 aliphatic rings. The van der Waals surface area contributed by atoms with Crippen LogP contribution in [0, 0.1) is 0 Å². The summed E-state index contributed by atoms with van der Waals surface area (Å²) in [4.78, 5) is 16.9. The third kappa shape index (κ3) is 5.11. The van der Waals surface area contributed by atoms with Gasteiger partial charge in [0.1, 0.15) is 22.9 Å². The lowest BCUT2D eigenvalue weighted by molar-refractivity contribution is 0.102. The Bertz CT molecular complexity index is 665. The number of ether oxygens (including phenoxy) is 2. The maximum atomic E-state index is 12.6. The fourth-order valence-corrected chi connectivity index (χ4v) is 2.43. The largest absolute Gasteiger partial charge is 0.496 e. The van der Waals surface area contributed by atoms with E-state index in [1.54, 1.807) is 30.5 Å². The molecule has 6 heteroatoms. The molecule has 2 rings (SSSR count). The zero-order valence-electron chi connectivity index (χ0n) is 15.0. The summed E-state index contributed by atoms with van der Waals surface area (Å²) in [6, 6.07) is 8.87. The van der Waals surface area contributed by atoms with Gasteiger partial charge in [0.15, 0.2) is 0 Å². The summed E-state index contributed by atoms with van der Waals surface area (Å²) in [5.74, 6) is 1.04. The third-order valence-electron chi connectivity index (χ3n) is 3.77. The first-order valence-corrected chi connectivity index (χ1v) is 8.41. The van der Waals surface area contributed by atoms with Crippen molar-refractivity contribution in [2.24, 2.45) is 0 Å². The molecule has 0 saturated heterocycles. The standard InChI is InChI=1S/C19H25N3O3/c1-4-5-6-12-20-14-10-11-17(21-13-14)22-19(23)18-15(24-2)8-7-9-16(18)25-3/h7-11,13,20H,4-6,12H2,1-3H3,(H,21,22,23). The predicted molar refractivity (Wildman–Crippen MR) is 99.8 cm³/mol. The summed E-state index contributed by atoms with van der Waals surface area (Å²) >= 11 is 0. The molecular formula is C19H25N3O3. The van der Waals surface area contributed by atoms with E-state index in [0.717, 1.165) is 18.7 Å². The number of nitrogens with one attached hydrogen (secondary N) is 2. The normalized spacial score (nSPS) is 10.2. The SMILES string of the molecule is CCCCCNc1ccc(NC(=O)c2c(OC)cccc2OC)nc1. The average molecular weight is 343 g/mol. The Kier molecular flexibility index (Phi) is 7.07. The van der Waals surface area contributed by atoms with Crippen molar-refractivity contribution in [3.8, 4) is 11.5 Å². The van der Waals surface area contributed by atoms with Gasteiger partial charge in [-0.3, -0.25) is 4.79 Å². The molecule has 134 valence electrons. The average Bonchev–Trinajstić information content (AvgIpc) is 2.65. The van der Waals surface area contributed by atoms with Crippen molar-refractivity contribution < 1.29 is 14.3 Å². The Balaban J connectivity index is 2.04. The van der Waals surface area contributed by atoms with Crippen LogP contribution in [0.5, 0.6) is 11.5 Å². The Morgan fingerprint density at radius 3 is 2.36 bits per heavy atom. The minimum Gasteiger partial charge on any atom is -0.496 e. The number of rotatable bonds is 9. The van der Waals surface area contributed by atoms with Crippen LogP contribution in [0.4, 0.5) is 11.5 Å². The van der Waals surface area contributed by atoms with E-state index in [2.05, 4.69) is 22.5 Å². The first-order valence-electron chi connectivity index (χ1n) is 8.41. The molecule has 0 aliphatic heterocycles. The van der Waals surface area contributed by atoms with Gasteiger partial charge in [0, 0.05) is 6.54 Å². The highest BCUT2D eigenvalue weighted by Gasteiger charge is 2.18. The maximum Gasteiger partial charge on any atom is 0.264 e. The second-order valence-electron chi connectivity index (χ2n) is 5.56. The quantitative estimate of drug-likeness (QED) is 0.675. The number of amides is 1. The number of hydrogen-bond acceptors (Lipinski definition) is 5. The number of unbranched alkanes of at least 4 members (excludes halogenated alkanes) is 2. The van der Waals surface area contributed by atoms with E-state index >= 15 is 0 Å². The molecule has 1 aromatic heterocycles. The lowest BCUT2D eigenvalue weighted by atomic mass is 10.1. The van der Waals surface area contributed by atoms with Crippen LogP contribution < -0.4 is 20.1 Å². The van der Waals surface area contributed by atoms with E-state index < -0.39 is 0 Å². The molecule has 0 atom stereocenters. The van der Waals surface area contributed by atoms with Gasteiger partial charge in [0.25, 0.3) is 5.91 Å². The van der Waals surface area contributed by atoms with Crippen molar-refractivity contribution in [2.45, 2.75) is 26.2 Å². The number of nitrogens with zero attached hydrogens (tertiary/aromatic N) is 1. The molecular weight excluding hydrogens is 318 g/mol. The van der Waals surface area contributed by atoms with Crippen LogP contribution in [0.2, 0.25) is 0 Å². The zero-order valence-corrected chi connectivity index (χ0v) is 15.0. The van der Waals surface area contributed by atoms with Gasteiger partial charge >= 0.3 is 0 Å². The van der Waals surface area contributed by atoms with Crippen LogP contribution in [-0.4, -0.2) is 31.7 Å². The summed E-state index contributed by atoms with van der Waals surface area (Å²) in [5.41, 5.74) is 1.28. The number of aromatic nitrogens is 1. The van der Waals surface area contributed by atoms with Crippen molar-refractivity contribution in [1.29, 1.82) is 0 Å².